The lowest BCUT2D eigenvalue weighted by Gasteiger charge is -2.17. The van der Waals surface area contributed by atoms with E-state index in [1.807, 2.05) is 0 Å². The molecule has 0 aromatic heterocycles. The minimum Gasteiger partial charge on any atom is -0.490 e. The van der Waals surface area contributed by atoms with E-state index < -0.39 is 11.5 Å². The van der Waals surface area contributed by atoms with Crippen molar-refractivity contribution < 1.29 is 18.3 Å². The molecule has 0 aliphatic heterocycles. The standard InChI is InChI=1S/C11H12F2O2/c1-8(2)15-10-6-4-3-5-9(10)11(12,13)7-14/h3-8H,1-2H3. The lowest BCUT2D eigenvalue weighted by Crippen LogP contribution is -2.18. The van der Waals surface area contributed by atoms with E-state index in [1.165, 1.54) is 18.2 Å². The van der Waals surface area contributed by atoms with E-state index in [9.17, 15) is 13.6 Å². The zero-order valence-electron chi connectivity index (χ0n) is 8.54. The summed E-state index contributed by atoms with van der Waals surface area (Å²) in [5.74, 6) is -3.45. The van der Waals surface area contributed by atoms with Crippen molar-refractivity contribution in [2.24, 2.45) is 0 Å². The van der Waals surface area contributed by atoms with Crippen LogP contribution in [0.4, 0.5) is 8.78 Å². The van der Waals surface area contributed by atoms with E-state index in [1.54, 1.807) is 19.9 Å². The SMILES string of the molecule is CC(C)Oc1ccccc1C(F)(F)C=O. The van der Waals surface area contributed by atoms with Crippen LogP contribution in [0.3, 0.4) is 0 Å². The van der Waals surface area contributed by atoms with Gasteiger partial charge in [-0.25, -0.2) is 0 Å². The summed E-state index contributed by atoms with van der Waals surface area (Å²) in [7, 11) is 0. The average molecular weight is 214 g/mol. The molecule has 15 heavy (non-hydrogen) atoms. The van der Waals surface area contributed by atoms with Gasteiger partial charge in [-0.15, -0.1) is 0 Å². The molecule has 1 aromatic carbocycles. The summed E-state index contributed by atoms with van der Waals surface area (Å²) >= 11 is 0. The van der Waals surface area contributed by atoms with Gasteiger partial charge >= 0.3 is 5.92 Å². The summed E-state index contributed by atoms with van der Waals surface area (Å²) < 4.78 is 31.5. The van der Waals surface area contributed by atoms with Gasteiger partial charge in [0.1, 0.15) is 5.75 Å². The van der Waals surface area contributed by atoms with Crippen molar-refractivity contribution >= 4 is 6.29 Å². The van der Waals surface area contributed by atoms with Crippen LogP contribution in [0.25, 0.3) is 0 Å². The predicted octanol–water partition coefficient (Wildman–Crippen LogP) is 2.76. The van der Waals surface area contributed by atoms with Gasteiger partial charge in [0, 0.05) is 0 Å². The second kappa shape index (κ2) is 4.38. The maximum atomic E-state index is 13.1. The van der Waals surface area contributed by atoms with Crippen LogP contribution in [0, 0.1) is 0 Å². The van der Waals surface area contributed by atoms with Crippen LogP contribution in [0.5, 0.6) is 5.75 Å². The Bertz CT molecular complexity index is 348. The highest BCUT2D eigenvalue weighted by Gasteiger charge is 2.34. The largest absolute Gasteiger partial charge is 0.490 e. The van der Waals surface area contributed by atoms with Crippen molar-refractivity contribution in [2.75, 3.05) is 0 Å². The molecular formula is C11H12F2O2. The molecule has 0 bridgehead atoms. The molecule has 0 unspecified atom stereocenters. The molecule has 0 saturated heterocycles. The summed E-state index contributed by atoms with van der Waals surface area (Å²) in [5.41, 5.74) is -0.395. The van der Waals surface area contributed by atoms with Gasteiger partial charge < -0.3 is 4.74 Å². The molecule has 0 aliphatic carbocycles. The second-order valence-corrected chi connectivity index (χ2v) is 3.40. The smallest absolute Gasteiger partial charge is 0.331 e. The molecule has 0 radical (unpaired) electrons. The summed E-state index contributed by atoms with van der Waals surface area (Å²) in [4.78, 5) is 10.3. The van der Waals surface area contributed by atoms with Gasteiger partial charge in [-0.3, -0.25) is 4.79 Å². The molecule has 0 aliphatic rings. The van der Waals surface area contributed by atoms with Gasteiger partial charge in [-0.1, -0.05) is 12.1 Å². The van der Waals surface area contributed by atoms with E-state index in [4.69, 9.17) is 4.74 Å². The first-order chi connectivity index (χ1) is 6.97. The number of para-hydroxylation sites is 1. The summed E-state index contributed by atoms with van der Waals surface area (Å²) in [6.45, 7) is 3.46. The number of rotatable bonds is 4. The Hall–Kier alpha value is -1.45. The fourth-order valence-electron chi connectivity index (χ4n) is 1.16. The first kappa shape index (κ1) is 11.6. The van der Waals surface area contributed by atoms with Crippen LogP contribution in [0.2, 0.25) is 0 Å². The average Bonchev–Trinajstić information content (AvgIpc) is 2.17. The van der Waals surface area contributed by atoms with Crippen molar-refractivity contribution in [2.45, 2.75) is 25.9 Å². The van der Waals surface area contributed by atoms with Crippen LogP contribution in [-0.2, 0) is 10.7 Å². The number of halogens is 2. The zero-order valence-corrected chi connectivity index (χ0v) is 8.54. The van der Waals surface area contributed by atoms with Gasteiger partial charge in [0.25, 0.3) is 0 Å². The van der Waals surface area contributed by atoms with Gasteiger partial charge in [0.05, 0.1) is 11.7 Å². The molecule has 2 nitrogen and oxygen atoms in total. The van der Waals surface area contributed by atoms with Gasteiger partial charge in [0.15, 0.2) is 6.29 Å². The number of alkyl halides is 2. The van der Waals surface area contributed by atoms with E-state index in [2.05, 4.69) is 0 Å². The maximum Gasteiger partial charge on any atom is 0.331 e. The molecule has 0 N–H and O–H groups in total. The van der Waals surface area contributed by atoms with E-state index in [0.29, 0.717) is 0 Å². The first-order valence-corrected chi connectivity index (χ1v) is 4.57. The topological polar surface area (TPSA) is 26.3 Å². The number of hydrogen-bond acceptors (Lipinski definition) is 2. The van der Waals surface area contributed by atoms with Crippen LogP contribution in [0.1, 0.15) is 19.4 Å². The Morgan fingerprint density at radius 2 is 1.93 bits per heavy atom. The lowest BCUT2D eigenvalue weighted by atomic mass is 10.1. The Kier molecular flexibility index (Phi) is 3.39. The number of benzene rings is 1. The molecule has 0 spiro atoms. The molecule has 4 heteroatoms. The molecule has 1 rings (SSSR count). The Balaban J connectivity index is 3.11. The number of aldehydes is 1. The van der Waals surface area contributed by atoms with Crippen LogP contribution >= 0.6 is 0 Å². The molecule has 0 amide bonds. The highest BCUT2D eigenvalue weighted by molar-refractivity contribution is 5.65. The maximum absolute atomic E-state index is 13.1. The van der Waals surface area contributed by atoms with Crippen molar-refractivity contribution in [3.63, 3.8) is 0 Å². The summed E-state index contributed by atoms with van der Waals surface area (Å²) in [6.07, 6.45) is -0.594. The van der Waals surface area contributed by atoms with Crippen LogP contribution < -0.4 is 4.74 Å². The third kappa shape index (κ3) is 2.75. The van der Waals surface area contributed by atoms with Gasteiger partial charge in [-0.05, 0) is 26.0 Å². The minimum absolute atomic E-state index is 0.0459. The fraction of sp³-hybridized carbons (Fsp3) is 0.364. The number of carbonyl (C=O) groups is 1. The van der Waals surface area contributed by atoms with Gasteiger partial charge in [0.2, 0.25) is 0 Å². The highest BCUT2D eigenvalue weighted by Crippen LogP contribution is 2.33. The van der Waals surface area contributed by atoms with Crippen molar-refractivity contribution in [3.05, 3.63) is 29.8 Å². The molecule has 1 aromatic rings. The Labute approximate surface area is 86.9 Å². The third-order valence-corrected chi connectivity index (χ3v) is 1.76. The van der Waals surface area contributed by atoms with Crippen LogP contribution in [-0.4, -0.2) is 12.4 Å². The Morgan fingerprint density at radius 1 is 1.33 bits per heavy atom. The van der Waals surface area contributed by atoms with Crippen LogP contribution in [0.15, 0.2) is 24.3 Å². The zero-order chi connectivity index (χ0) is 11.5. The number of ether oxygens (including phenoxy) is 1. The number of hydrogen-bond donors (Lipinski definition) is 0. The highest BCUT2D eigenvalue weighted by atomic mass is 19.3. The predicted molar refractivity (Wildman–Crippen MR) is 52.2 cm³/mol. The second-order valence-electron chi connectivity index (χ2n) is 3.40. The van der Waals surface area contributed by atoms with E-state index in [-0.39, 0.29) is 18.1 Å². The monoisotopic (exact) mass is 214 g/mol. The molecule has 0 atom stereocenters. The van der Waals surface area contributed by atoms with Crippen molar-refractivity contribution in [3.8, 4) is 5.75 Å². The summed E-state index contributed by atoms with van der Waals surface area (Å²) in [5, 5.41) is 0. The van der Waals surface area contributed by atoms with E-state index >= 15 is 0 Å². The molecular weight excluding hydrogens is 202 g/mol. The molecule has 0 saturated carbocycles. The number of carbonyl (C=O) groups excluding carboxylic acids is 1. The molecule has 82 valence electrons. The fourth-order valence-corrected chi connectivity index (χ4v) is 1.16. The Morgan fingerprint density at radius 3 is 2.47 bits per heavy atom. The van der Waals surface area contributed by atoms with E-state index in [0.717, 1.165) is 0 Å². The first-order valence-electron chi connectivity index (χ1n) is 4.57. The third-order valence-electron chi connectivity index (χ3n) is 1.76. The quantitative estimate of drug-likeness (QED) is 0.720. The molecule has 0 heterocycles. The normalized spacial score (nSPS) is 11.5. The van der Waals surface area contributed by atoms with Crippen molar-refractivity contribution in [1.82, 2.24) is 0 Å². The molecule has 0 fully saturated rings. The lowest BCUT2D eigenvalue weighted by molar-refractivity contribution is -0.130. The van der Waals surface area contributed by atoms with Crippen molar-refractivity contribution in [1.29, 1.82) is 0 Å². The minimum atomic E-state index is -3.49. The summed E-state index contributed by atoms with van der Waals surface area (Å²) in [6, 6.07) is 5.64. The van der Waals surface area contributed by atoms with Gasteiger partial charge in [-0.2, -0.15) is 8.78 Å².